The van der Waals surface area contributed by atoms with Gasteiger partial charge in [0.05, 0.1) is 18.4 Å². The minimum absolute atomic E-state index is 0.232. The van der Waals surface area contributed by atoms with Crippen molar-refractivity contribution >= 4 is 17.3 Å². The van der Waals surface area contributed by atoms with Crippen molar-refractivity contribution in [1.29, 1.82) is 0 Å². The standard InChI is InChI=1S/C13H18ClN7O/c1-9-16-11(18-17-9)8-20-3-5-21(6-4-20)10-7-15-19(2)13(22)12(10)14/h7H,3-6,8H2,1-2H3,(H,16,17,18). The second-order valence-corrected chi connectivity index (χ2v) is 5.75. The molecule has 0 bridgehead atoms. The van der Waals surface area contributed by atoms with Gasteiger partial charge < -0.3 is 4.90 Å². The number of aromatic nitrogens is 5. The molecule has 0 amide bonds. The van der Waals surface area contributed by atoms with Crippen LogP contribution >= 0.6 is 11.6 Å². The second-order valence-electron chi connectivity index (χ2n) is 5.37. The zero-order valence-corrected chi connectivity index (χ0v) is 13.3. The predicted octanol–water partition coefficient (Wildman–Crippen LogP) is 0.182. The van der Waals surface area contributed by atoms with E-state index in [1.54, 1.807) is 13.2 Å². The fourth-order valence-corrected chi connectivity index (χ4v) is 2.82. The van der Waals surface area contributed by atoms with Gasteiger partial charge in [-0.25, -0.2) is 9.67 Å². The molecule has 1 N–H and O–H groups in total. The van der Waals surface area contributed by atoms with Crippen molar-refractivity contribution in [3.8, 4) is 0 Å². The molecule has 8 nitrogen and oxygen atoms in total. The molecule has 0 atom stereocenters. The van der Waals surface area contributed by atoms with Crippen molar-refractivity contribution in [2.24, 2.45) is 7.05 Å². The van der Waals surface area contributed by atoms with Gasteiger partial charge in [-0.2, -0.15) is 10.2 Å². The number of H-pyrrole nitrogens is 1. The minimum atomic E-state index is -0.266. The lowest BCUT2D eigenvalue weighted by Gasteiger charge is -2.35. The van der Waals surface area contributed by atoms with E-state index in [1.165, 1.54) is 4.68 Å². The van der Waals surface area contributed by atoms with Gasteiger partial charge in [-0.05, 0) is 6.92 Å². The third-order valence-corrected chi connectivity index (χ3v) is 4.14. The molecule has 3 heterocycles. The highest BCUT2D eigenvalue weighted by Crippen LogP contribution is 2.22. The maximum absolute atomic E-state index is 11.9. The molecule has 118 valence electrons. The zero-order chi connectivity index (χ0) is 15.7. The topological polar surface area (TPSA) is 82.9 Å². The largest absolute Gasteiger partial charge is 0.366 e. The molecule has 1 aliphatic heterocycles. The maximum atomic E-state index is 11.9. The molecule has 0 aliphatic carbocycles. The summed E-state index contributed by atoms with van der Waals surface area (Å²) in [6, 6.07) is 0. The Labute approximate surface area is 132 Å². The van der Waals surface area contributed by atoms with Crippen molar-refractivity contribution < 1.29 is 0 Å². The molecule has 0 radical (unpaired) electrons. The van der Waals surface area contributed by atoms with Crippen molar-refractivity contribution in [3.05, 3.63) is 33.2 Å². The lowest BCUT2D eigenvalue weighted by atomic mass is 10.3. The summed E-state index contributed by atoms with van der Waals surface area (Å²) in [6.07, 6.45) is 1.65. The van der Waals surface area contributed by atoms with Gasteiger partial charge in [0.25, 0.3) is 5.56 Å². The highest BCUT2D eigenvalue weighted by molar-refractivity contribution is 6.33. The Kier molecular flexibility index (Phi) is 4.12. The van der Waals surface area contributed by atoms with Crippen molar-refractivity contribution in [2.75, 3.05) is 31.1 Å². The van der Waals surface area contributed by atoms with E-state index in [1.807, 2.05) is 6.92 Å². The number of nitrogens with zero attached hydrogens (tertiary/aromatic N) is 6. The monoisotopic (exact) mass is 323 g/mol. The first kappa shape index (κ1) is 15.0. The van der Waals surface area contributed by atoms with E-state index in [-0.39, 0.29) is 10.6 Å². The summed E-state index contributed by atoms with van der Waals surface area (Å²) in [5.74, 6) is 1.63. The lowest BCUT2D eigenvalue weighted by molar-refractivity contribution is 0.244. The Hall–Kier alpha value is -1.93. The van der Waals surface area contributed by atoms with Crippen molar-refractivity contribution in [2.45, 2.75) is 13.5 Å². The lowest BCUT2D eigenvalue weighted by Crippen LogP contribution is -2.46. The highest BCUT2D eigenvalue weighted by Gasteiger charge is 2.21. The summed E-state index contributed by atoms with van der Waals surface area (Å²) in [6.45, 7) is 5.91. The number of hydrogen-bond acceptors (Lipinski definition) is 6. The predicted molar refractivity (Wildman–Crippen MR) is 83.1 cm³/mol. The van der Waals surface area contributed by atoms with E-state index in [4.69, 9.17) is 11.6 Å². The Morgan fingerprint density at radius 2 is 2.05 bits per heavy atom. The first-order valence-corrected chi connectivity index (χ1v) is 7.49. The van der Waals surface area contributed by atoms with Crippen molar-refractivity contribution in [1.82, 2.24) is 29.9 Å². The van der Waals surface area contributed by atoms with E-state index >= 15 is 0 Å². The summed E-state index contributed by atoms with van der Waals surface area (Å²) in [4.78, 5) is 20.5. The van der Waals surface area contributed by atoms with Gasteiger partial charge in [0, 0.05) is 33.2 Å². The second kappa shape index (κ2) is 6.05. The number of piperazine rings is 1. The molecule has 9 heteroatoms. The summed E-state index contributed by atoms with van der Waals surface area (Å²) in [5, 5.41) is 11.3. The third kappa shape index (κ3) is 2.97. The molecule has 0 saturated carbocycles. The van der Waals surface area contributed by atoms with Crippen LogP contribution < -0.4 is 10.5 Å². The van der Waals surface area contributed by atoms with Gasteiger partial charge in [0.2, 0.25) is 0 Å². The molecule has 1 saturated heterocycles. The van der Waals surface area contributed by atoms with Crippen LogP contribution in [0.1, 0.15) is 11.6 Å². The zero-order valence-electron chi connectivity index (χ0n) is 12.6. The Bertz CT molecular complexity index is 717. The average Bonchev–Trinajstić information content (AvgIpc) is 2.91. The van der Waals surface area contributed by atoms with Gasteiger partial charge in [-0.1, -0.05) is 11.6 Å². The number of halogens is 1. The quantitative estimate of drug-likeness (QED) is 0.868. The van der Waals surface area contributed by atoms with Crippen LogP contribution in [0.5, 0.6) is 0 Å². The molecular weight excluding hydrogens is 306 g/mol. The van der Waals surface area contributed by atoms with Crippen LogP contribution in [0.15, 0.2) is 11.0 Å². The number of aryl methyl sites for hydroxylation is 2. The molecular formula is C13H18ClN7O. The molecule has 0 unspecified atom stereocenters. The summed E-state index contributed by atoms with van der Waals surface area (Å²) in [5.41, 5.74) is 0.441. The molecule has 1 fully saturated rings. The fourth-order valence-electron chi connectivity index (χ4n) is 2.53. The minimum Gasteiger partial charge on any atom is -0.366 e. The molecule has 0 aromatic carbocycles. The van der Waals surface area contributed by atoms with Crippen LogP contribution in [0.4, 0.5) is 5.69 Å². The van der Waals surface area contributed by atoms with Gasteiger partial charge >= 0.3 is 0 Å². The Morgan fingerprint density at radius 1 is 1.32 bits per heavy atom. The van der Waals surface area contributed by atoms with E-state index in [2.05, 4.69) is 30.1 Å². The third-order valence-electron chi connectivity index (χ3n) is 3.78. The van der Waals surface area contributed by atoms with Crippen LogP contribution in [-0.2, 0) is 13.6 Å². The fraction of sp³-hybridized carbons (Fsp3) is 0.538. The first-order valence-electron chi connectivity index (χ1n) is 7.11. The van der Waals surface area contributed by atoms with Gasteiger partial charge in [-0.15, -0.1) is 0 Å². The average molecular weight is 324 g/mol. The van der Waals surface area contributed by atoms with E-state index < -0.39 is 0 Å². The van der Waals surface area contributed by atoms with Gasteiger partial charge in [0.15, 0.2) is 5.82 Å². The smallest absolute Gasteiger partial charge is 0.287 e. The van der Waals surface area contributed by atoms with E-state index in [0.717, 1.165) is 44.4 Å². The molecule has 22 heavy (non-hydrogen) atoms. The Balaban J connectivity index is 1.64. The van der Waals surface area contributed by atoms with Gasteiger partial charge in [0.1, 0.15) is 10.8 Å². The van der Waals surface area contributed by atoms with Crippen molar-refractivity contribution in [3.63, 3.8) is 0 Å². The van der Waals surface area contributed by atoms with E-state index in [0.29, 0.717) is 5.69 Å². The van der Waals surface area contributed by atoms with Crippen LogP contribution in [0.2, 0.25) is 5.02 Å². The van der Waals surface area contributed by atoms with Crippen LogP contribution in [-0.4, -0.2) is 56.0 Å². The van der Waals surface area contributed by atoms with E-state index in [9.17, 15) is 4.79 Å². The molecule has 2 aromatic heterocycles. The molecule has 1 aliphatic rings. The maximum Gasteiger partial charge on any atom is 0.287 e. The number of hydrogen-bond donors (Lipinski definition) is 1. The first-order chi connectivity index (χ1) is 10.5. The molecule has 3 rings (SSSR count). The number of aromatic amines is 1. The Morgan fingerprint density at radius 3 is 2.68 bits per heavy atom. The van der Waals surface area contributed by atoms with Crippen LogP contribution in [0.25, 0.3) is 0 Å². The molecule has 2 aromatic rings. The number of rotatable bonds is 3. The number of anilines is 1. The highest BCUT2D eigenvalue weighted by atomic mass is 35.5. The summed E-state index contributed by atoms with van der Waals surface area (Å²) < 4.78 is 1.24. The van der Waals surface area contributed by atoms with Crippen LogP contribution in [0.3, 0.4) is 0 Å². The molecule has 0 spiro atoms. The number of nitrogens with one attached hydrogen (secondary N) is 1. The van der Waals surface area contributed by atoms with Crippen LogP contribution in [0, 0.1) is 6.92 Å². The normalized spacial score (nSPS) is 16.2. The SMILES string of the molecule is Cc1nc(CN2CCN(c3cnn(C)c(=O)c3Cl)CC2)n[nH]1. The van der Waals surface area contributed by atoms with Gasteiger partial charge in [-0.3, -0.25) is 14.8 Å². The summed E-state index contributed by atoms with van der Waals surface area (Å²) >= 11 is 6.15. The summed E-state index contributed by atoms with van der Waals surface area (Å²) in [7, 11) is 1.59.